The normalized spacial score (nSPS) is 33.2. The second-order valence-electron chi connectivity index (χ2n) is 3.69. The molecule has 2 heterocycles. The van der Waals surface area contributed by atoms with Crippen LogP contribution in [-0.2, 0) is 4.74 Å². The van der Waals surface area contributed by atoms with Gasteiger partial charge in [0.05, 0.1) is 12.6 Å². The van der Waals surface area contributed by atoms with Gasteiger partial charge in [0.25, 0.3) is 0 Å². The third-order valence-electron chi connectivity index (χ3n) is 2.74. The third-order valence-corrected chi connectivity index (χ3v) is 3.94. The highest BCUT2D eigenvalue weighted by Crippen LogP contribution is 2.26. The molecule has 2 aliphatic rings. The van der Waals surface area contributed by atoms with Gasteiger partial charge in [-0.3, -0.25) is 4.90 Å². The maximum absolute atomic E-state index is 11.4. The lowest BCUT2D eigenvalue weighted by molar-refractivity contribution is 0.132. The fourth-order valence-electron chi connectivity index (χ4n) is 2.00. The molecule has 0 aromatic heterocycles. The summed E-state index contributed by atoms with van der Waals surface area (Å²) in [6, 6.07) is 0.145. The van der Waals surface area contributed by atoms with E-state index in [1.54, 1.807) is 4.90 Å². The van der Waals surface area contributed by atoms with Crippen molar-refractivity contribution in [2.45, 2.75) is 24.9 Å². The average Bonchev–Trinajstić information content (AvgIpc) is 2.61. The van der Waals surface area contributed by atoms with Crippen molar-refractivity contribution in [1.82, 2.24) is 4.90 Å². The van der Waals surface area contributed by atoms with Crippen molar-refractivity contribution >= 4 is 17.9 Å². The number of hydrogen-bond donors (Lipinski definition) is 1. The van der Waals surface area contributed by atoms with E-state index in [4.69, 9.17) is 9.84 Å². The molecule has 0 aromatic carbocycles. The fourth-order valence-corrected chi connectivity index (χ4v) is 3.14. The Morgan fingerprint density at radius 2 is 2.50 bits per heavy atom. The van der Waals surface area contributed by atoms with E-state index in [-0.39, 0.29) is 24.8 Å². The molecule has 14 heavy (non-hydrogen) atoms. The average molecular weight is 217 g/mol. The molecule has 2 fully saturated rings. The first kappa shape index (κ1) is 10.1. The highest BCUT2D eigenvalue weighted by Gasteiger charge is 2.38. The van der Waals surface area contributed by atoms with Crippen LogP contribution in [-0.4, -0.2) is 52.9 Å². The van der Waals surface area contributed by atoms with Gasteiger partial charge in [-0.2, -0.15) is 11.8 Å². The predicted molar refractivity (Wildman–Crippen MR) is 54.4 cm³/mol. The number of carbonyl (C=O) groups is 1. The number of carbonyl (C=O) groups excluding carboxylic acids is 1. The number of ether oxygens (including phenoxy) is 1. The van der Waals surface area contributed by atoms with E-state index in [0.29, 0.717) is 6.61 Å². The van der Waals surface area contributed by atoms with Crippen molar-refractivity contribution < 1.29 is 14.6 Å². The maximum atomic E-state index is 11.4. The number of hydrogen-bond acceptors (Lipinski definition) is 4. The molecule has 0 spiro atoms. The van der Waals surface area contributed by atoms with E-state index in [9.17, 15) is 4.79 Å². The fraction of sp³-hybridized carbons (Fsp3) is 0.889. The largest absolute Gasteiger partial charge is 0.447 e. The Bertz CT molecular complexity index is 218. The van der Waals surface area contributed by atoms with Crippen LogP contribution in [0.2, 0.25) is 0 Å². The van der Waals surface area contributed by atoms with E-state index < -0.39 is 0 Å². The van der Waals surface area contributed by atoms with Crippen LogP contribution in [0.5, 0.6) is 0 Å². The molecular formula is C9H15NO3S. The van der Waals surface area contributed by atoms with Gasteiger partial charge in [0.15, 0.2) is 0 Å². The Labute approximate surface area is 87.6 Å². The van der Waals surface area contributed by atoms with Crippen molar-refractivity contribution in [2.75, 3.05) is 24.7 Å². The number of aliphatic hydroxyl groups excluding tert-OH is 1. The van der Waals surface area contributed by atoms with Crippen molar-refractivity contribution in [3.8, 4) is 0 Å². The first-order valence-electron chi connectivity index (χ1n) is 4.96. The van der Waals surface area contributed by atoms with Gasteiger partial charge in [-0.1, -0.05) is 0 Å². The molecular weight excluding hydrogens is 202 g/mol. The number of amides is 1. The van der Waals surface area contributed by atoms with Gasteiger partial charge in [0.1, 0.15) is 6.61 Å². The second-order valence-corrected chi connectivity index (χ2v) is 4.84. The van der Waals surface area contributed by atoms with Crippen LogP contribution in [0.1, 0.15) is 12.8 Å². The number of aliphatic hydroxyl groups is 1. The minimum atomic E-state index is -0.253. The van der Waals surface area contributed by atoms with Crippen LogP contribution in [0.25, 0.3) is 0 Å². The Balaban J connectivity index is 2.01. The number of thioether (sulfide) groups is 1. The molecule has 5 heteroatoms. The number of nitrogens with zero attached hydrogens (tertiary/aromatic N) is 1. The van der Waals surface area contributed by atoms with Crippen LogP contribution < -0.4 is 0 Å². The molecule has 80 valence electrons. The quantitative estimate of drug-likeness (QED) is 0.739. The molecule has 0 aliphatic carbocycles. The Hall–Kier alpha value is -0.420. The highest BCUT2D eigenvalue weighted by atomic mass is 32.2. The summed E-state index contributed by atoms with van der Waals surface area (Å²) >= 11 is 1.87. The lowest BCUT2D eigenvalue weighted by atomic mass is 10.1. The zero-order valence-electron chi connectivity index (χ0n) is 8.02. The Kier molecular flexibility index (Phi) is 3.18. The van der Waals surface area contributed by atoms with E-state index in [0.717, 1.165) is 18.6 Å². The van der Waals surface area contributed by atoms with Gasteiger partial charge >= 0.3 is 6.09 Å². The third kappa shape index (κ3) is 1.83. The molecule has 4 nitrogen and oxygen atoms in total. The van der Waals surface area contributed by atoms with E-state index in [1.165, 1.54) is 5.75 Å². The maximum Gasteiger partial charge on any atom is 0.410 e. The highest BCUT2D eigenvalue weighted by molar-refractivity contribution is 7.99. The van der Waals surface area contributed by atoms with Gasteiger partial charge in [-0.15, -0.1) is 0 Å². The van der Waals surface area contributed by atoms with Crippen molar-refractivity contribution in [2.24, 2.45) is 0 Å². The van der Waals surface area contributed by atoms with Crippen molar-refractivity contribution in [3.63, 3.8) is 0 Å². The molecule has 2 aliphatic heterocycles. The van der Waals surface area contributed by atoms with Crippen molar-refractivity contribution in [1.29, 1.82) is 0 Å². The minimum absolute atomic E-state index is 0.00685. The lowest BCUT2D eigenvalue weighted by Crippen LogP contribution is -2.46. The van der Waals surface area contributed by atoms with Crippen LogP contribution in [0.15, 0.2) is 0 Å². The Morgan fingerprint density at radius 3 is 3.14 bits per heavy atom. The van der Waals surface area contributed by atoms with Gasteiger partial charge in [-0.05, 0) is 18.6 Å². The second kappa shape index (κ2) is 4.40. The number of rotatable bonds is 2. The monoisotopic (exact) mass is 217 g/mol. The molecule has 0 aromatic rings. The summed E-state index contributed by atoms with van der Waals surface area (Å²) in [5.41, 5.74) is 0. The molecule has 0 saturated carbocycles. The van der Waals surface area contributed by atoms with Gasteiger partial charge < -0.3 is 9.84 Å². The van der Waals surface area contributed by atoms with Gasteiger partial charge in [0.2, 0.25) is 0 Å². The predicted octanol–water partition coefficient (Wildman–Crippen LogP) is 0.695. The molecule has 1 amide bonds. The van der Waals surface area contributed by atoms with Crippen LogP contribution in [0.3, 0.4) is 0 Å². The number of cyclic esters (lactones) is 1. The molecule has 0 bridgehead atoms. The zero-order chi connectivity index (χ0) is 9.97. The minimum Gasteiger partial charge on any atom is -0.447 e. The van der Waals surface area contributed by atoms with Gasteiger partial charge in [-0.25, -0.2) is 4.79 Å². The zero-order valence-corrected chi connectivity index (χ0v) is 8.83. The SMILES string of the molecule is O=C1OCC(CO)N1C1CCCSC1. The Morgan fingerprint density at radius 1 is 1.64 bits per heavy atom. The van der Waals surface area contributed by atoms with Gasteiger partial charge in [0, 0.05) is 11.8 Å². The molecule has 1 N–H and O–H groups in total. The smallest absolute Gasteiger partial charge is 0.410 e. The summed E-state index contributed by atoms with van der Waals surface area (Å²) in [5, 5.41) is 9.10. The summed E-state index contributed by atoms with van der Waals surface area (Å²) < 4.78 is 4.94. The van der Waals surface area contributed by atoms with E-state index >= 15 is 0 Å². The first-order valence-corrected chi connectivity index (χ1v) is 6.12. The summed E-state index contributed by atoms with van der Waals surface area (Å²) in [6.45, 7) is 0.351. The molecule has 0 radical (unpaired) electrons. The molecule has 2 saturated heterocycles. The summed E-state index contributed by atoms with van der Waals surface area (Å²) in [4.78, 5) is 13.2. The summed E-state index contributed by atoms with van der Waals surface area (Å²) in [5.74, 6) is 2.16. The molecule has 2 atom stereocenters. The lowest BCUT2D eigenvalue weighted by Gasteiger charge is -2.32. The molecule has 2 unspecified atom stereocenters. The van der Waals surface area contributed by atoms with Crippen LogP contribution >= 0.6 is 11.8 Å². The summed E-state index contributed by atoms with van der Waals surface area (Å²) in [6.07, 6.45) is 1.94. The van der Waals surface area contributed by atoms with E-state index in [1.807, 2.05) is 11.8 Å². The van der Waals surface area contributed by atoms with Crippen molar-refractivity contribution in [3.05, 3.63) is 0 Å². The topological polar surface area (TPSA) is 49.8 Å². The van der Waals surface area contributed by atoms with Crippen LogP contribution in [0, 0.1) is 0 Å². The van der Waals surface area contributed by atoms with E-state index in [2.05, 4.69) is 0 Å². The summed E-state index contributed by atoms with van der Waals surface area (Å²) in [7, 11) is 0. The first-order chi connectivity index (χ1) is 6.83. The van der Waals surface area contributed by atoms with Crippen LogP contribution in [0.4, 0.5) is 4.79 Å². The molecule has 2 rings (SSSR count). The standard InChI is InChI=1S/C9H15NO3S/c11-4-8-5-13-9(12)10(8)7-2-1-3-14-6-7/h7-8,11H,1-6H2.